The number of hydrogen-bond donors (Lipinski definition) is 2. The van der Waals surface area contributed by atoms with Gasteiger partial charge in [-0.3, -0.25) is 0 Å². The summed E-state index contributed by atoms with van der Waals surface area (Å²) in [5.41, 5.74) is 6.77. The van der Waals surface area contributed by atoms with Crippen molar-refractivity contribution in [1.29, 1.82) is 0 Å². The molecular formula is C16H26N2O2. The summed E-state index contributed by atoms with van der Waals surface area (Å²) >= 11 is 0. The van der Waals surface area contributed by atoms with Gasteiger partial charge in [0.1, 0.15) is 6.61 Å². The fourth-order valence-electron chi connectivity index (χ4n) is 2.02. The first-order valence-electron chi connectivity index (χ1n) is 7.39. The second kappa shape index (κ2) is 8.59. The molecule has 0 radical (unpaired) electrons. The molecule has 0 aliphatic carbocycles. The van der Waals surface area contributed by atoms with Crippen LogP contribution in [0.2, 0.25) is 0 Å². The van der Waals surface area contributed by atoms with Crippen molar-refractivity contribution in [3.8, 4) is 0 Å². The lowest BCUT2D eigenvalue weighted by atomic mass is 10.1. The van der Waals surface area contributed by atoms with Gasteiger partial charge in [-0.1, -0.05) is 20.8 Å². The molecule has 4 heteroatoms. The molecule has 0 amide bonds. The first kappa shape index (κ1) is 16.5. The summed E-state index contributed by atoms with van der Waals surface area (Å²) in [7, 11) is 0. The lowest BCUT2D eigenvalue weighted by Gasteiger charge is -2.23. The molecule has 0 bridgehead atoms. The third-order valence-electron chi connectivity index (χ3n) is 3.51. The van der Waals surface area contributed by atoms with Crippen LogP contribution < -0.4 is 11.1 Å². The Balaban J connectivity index is 2.47. The molecule has 112 valence electrons. The molecule has 0 aromatic heterocycles. The molecule has 1 aromatic rings. The van der Waals surface area contributed by atoms with E-state index in [4.69, 9.17) is 10.5 Å². The topological polar surface area (TPSA) is 64.3 Å². The number of carbonyl (C=O) groups is 1. The molecule has 0 spiro atoms. The lowest BCUT2D eigenvalue weighted by Crippen LogP contribution is -2.40. The zero-order chi connectivity index (χ0) is 15.0. The van der Waals surface area contributed by atoms with E-state index in [2.05, 4.69) is 26.1 Å². The Morgan fingerprint density at radius 3 is 2.15 bits per heavy atom. The average Bonchev–Trinajstić information content (AvgIpc) is 2.48. The van der Waals surface area contributed by atoms with Crippen molar-refractivity contribution in [2.75, 3.05) is 12.3 Å². The van der Waals surface area contributed by atoms with Crippen LogP contribution in [0, 0.1) is 0 Å². The van der Waals surface area contributed by atoms with Crippen LogP contribution >= 0.6 is 0 Å². The van der Waals surface area contributed by atoms with Gasteiger partial charge in [-0.05, 0) is 43.5 Å². The van der Waals surface area contributed by atoms with Gasteiger partial charge in [0.15, 0.2) is 0 Å². The van der Waals surface area contributed by atoms with Crippen molar-refractivity contribution in [1.82, 2.24) is 5.32 Å². The van der Waals surface area contributed by atoms with E-state index in [0.29, 0.717) is 23.9 Å². The number of carbonyl (C=O) groups excluding carboxylic acids is 1. The van der Waals surface area contributed by atoms with Crippen molar-refractivity contribution in [2.24, 2.45) is 0 Å². The van der Waals surface area contributed by atoms with Crippen LogP contribution in [0.15, 0.2) is 24.3 Å². The minimum absolute atomic E-state index is 0.206. The van der Waals surface area contributed by atoms with Gasteiger partial charge in [0.2, 0.25) is 0 Å². The highest BCUT2D eigenvalue weighted by molar-refractivity contribution is 5.89. The Morgan fingerprint density at radius 1 is 1.10 bits per heavy atom. The molecule has 20 heavy (non-hydrogen) atoms. The number of nitrogens with two attached hydrogens (primary N) is 1. The molecule has 1 rings (SSSR count). The number of rotatable bonds is 8. The number of nitrogen functional groups attached to an aromatic ring is 1. The van der Waals surface area contributed by atoms with Crippen molar-refractivity contribution < 1.29 is 9.53 Å². The van der Waals surface area contributed by atoms with E-state index in [9.17, 15) is 4.79 Å². The molecule has 0 aliphatic heterocycles. The van der Waals surface area contributed by atoms with Crippen LogP contribution in [0.4, 0.5) is 5.69 Å². The number of anilines is 1. The maximum Gasteiger partial charge on any atom is 0.338 e. The number of esters is 1. The van der Waals surface area contributed by atoms with Gasteiger partial charge in [0.25, 0.3) is 0 Å². The molecule has 4 nitrogen and oxygen atoms in total. The van der Waals surface area contributed by atoms with Crippen LogP contribution in [0.3, 0.4) is 0 Å². The SMILES string of the molecule is CCC(CC)NC(CC)COC(=O)c1ccc(N)cc1. The van der Waals surface area contributed by atoms with Crippen molar-refractivity contribution in [2.45, 2.75) is 52.1 Å². The summed E-state index contributed by atoms with van der Waals surface area (Å²) in [5, 5.41) is 3.52. The highest BCUT2D eigenvalue weighted by Gasteiger charge is 2.14. The molecule has 1 unspecified atom stereocenters. The van der Waals surface area contributed by atoms with Gasteiger partial charge in [0, 0.05) is 17.8 Å². The van der Waals surface area contributed by atoms with E-state index in [1.54, 1.807) is 24.3 Å². The maximum atomic E-state index is 11.9. The fraction of sp³-hybridized carbons (Fsp3) is 0.562. The number of ether oxygens (including phenoxy) is 1. The first-order chi connectivity index (χ1) is 9.60. The summed E-state index contributed by atoms with van der Waals surface area (Å²) < 4.78 is 5.37. The summed E-state index contributed by atoms with van der Waals surface area (Å²) in [6.07, 6.45) is 3.10. The van der Waals surface area contributed by atoms with Crippen LogP contribution in [0.5, 0.6) is 0 Å². The van der Waals surface area contributed by atoms with E-state index in [1.165, 1.54) is 0 Å². The Morgan fingerprint density at radius 2 is 1.65 bits per heavy atom. The maximum absolute atomic E-state index is 11.9. The standard InChI is InChI=1S/C16H26N2O2/c1-4-14(5-2)18-15(6-3)11-20-16(19)12-7-9-13(17)10-8-12/h7-10,14-15,18H,4-6,11,17H2,1-3H3. The van der Waals surface area contributed by atoms with Gasteiger partial charge in [-0.25, -0.2) is 4.79 Å². The normalized spacial score (nSPS) is 12.4. The number of nitrogens with one attached hydrogen (secondary N) is 1. The predicted octanol–water partition coefficient (Wildman–Crippen LogP) is 2.98. The fourth-order valence-corrected chi connectivity index (χ4v) is 2.02. The van der Waals surface area contributed by atoms with E-state index in [-0.39, 0.29) is 12.0 Å². The number of benzene rings is 1. The molecule has 0 saturated carbocycles. The number of hydrogen-bond acceptors (Lipinski definition) is 4. The van der Waals surface area contributed by atoms with Crippen LogP contribution in [0.25, 0.3) is 0 Å². The van der Waals surface area contributed by atoms with Gasteiger partial charge >= 0.3 is 5.97 Å². The van der Waals surface area contributed by atoms with E-state index in [0.717, 1.165) is 19.3 Å². The smallest absolute Gasteiger partial charge is 0.338 e. The summed E-state index contributed by atoms with van der Waals surface area (Å²) in [6, 6.07) is 7.47. The van der Waals surface area contributed by atoms with Gasteiger partial charge < -0.3 is 15.8 Å². The Hall–Kier alpha value is -1.55. The molecule has 1 atom stereocenters. The van der Waals surface area contributed by atoms with Crippen molar-refractivity contribution in [3.05, 3.63) is 29.8 Å². The Bertz CT molecular complexity index is 399. The lowest BCUT2D eigenvalue weighted by molar-refractivity contribution is 0.0456. The minimum Gasteiger partial charge on any atom is -0.460 e. The highest BCUT2D eigenvalue weighted by Crippen LogP contribution is 2.08. The van der Waals surface area contributed by atoms with E-state index in [1.807, 2.05) is 0 Å². The second-order valence-electron chi connectivity index (χ2n) is 5.01. The van der Waals surface area contributed by atoms with Crippen LogP contribution in [0.1, 0.15) is 50.4 Å². The van der Waals surface area contributed by atoms with Gasteiger partial charge in [0.05, 0.1) is 5.56 Å². The van der Waals surface area contributed by atoms with E-state index >= 15 is 0 Å². The van der Waals surface area contributed by atoms with Crippen molar-refractivity contribution >= 4 is 11.7 Å². The molecular weight excluding hydrogens is 252 g/mol. The summed E-state index contributed by atoms with van der Waals surface area (Å²) in [6.45, 7) is 6.82. The average molecular weight is 278 g/mol. The van der Waals surface area contributed by atoms with Gasteiger partial charge in [-0.2, -0.15) is 0 Å². The quantitative estimate of drug-likeness (QED) is 0.567. The molecule has 1 aromatic carbocycles. The third kappa shape index (κ3) is 5.21. The summed E-state index contributed by atoms with van der Waals surface area (Å²) in [5.74, 6) is -0.296. The summed E-state index contributed by atoms with van der Waals surface area (Å²) in [4.78, 5) is 11.9. The van der Waals surface area contributed by atoms with Crippen LogP contribution in [-0.2, 0) is 4.74 Å². The minimum atomic E-state index is -0.296. The third-order valence-corrected chi connectivity index (χ3v) is 3.51. The van der Waals surface area contributed by atoms with Crippen LogP contribution in [-0.4, -0.2) is 24.7 Å². The Kier molecular flexibility index (Phi) is 7.09. The van der Waals surface area contributed by atoms with Crippen molar-refractivity contribution in [3.63, 3.8) is 0 Å². The largest absolute Gasteiger partial charge is 0.460 e. The molecule has 0 fully saturated rings. The monoisotopic (exact) mass is 278 g/mol. The Labute approximate surface area is 121 Å². The molecule has 0 aliphatic rings. The van der Waals surface area contributed by atoms with E-state index < -0.39 is 0 Å². The second-order valence-corrected chi connectivity index (χ2v) is 5.01. The zero-order valence-electron chi connectivity index (χ0n) is 12.7. The predicted molar refractivity (Wildman–Crippen MR) is 82.7 cm³/mol. The van der Waals surface area contributed by atoms with Gasteiger partial charge in [-0.15, -0.1) is 0 Å². The highest BCUT2D eigenvalue weighted by atomic mass is 16.5. The first-order valence-corrected chi connectivity index (χ1v) is 7.39. The molecule has 0 saturated heterocycles. The molecule has 0 heterocycles. The zero-order valence-corrected chi connectivity index (χ0v) is 12.7. The molecule has 3 N–H and O–H groups in total.